The van der Waals surface area contributed by atoms with Crippen LogP contribution in [0.4, 0.5) is 0 Å². The summed E-state index contributed by atoms with van der Waals surface area (Å²) in [7, 11) is 0. The molecule has 0 aliphatic carbocycles. The highest BCUT2D eigenvalue weighted by atomic mass is 127. The number of carbonyl (C=O) groups is 1. The second-order valence-corrected chi connectivity index (χ2v) is 8.43. The number of nitrogens with zero attached hydrogens (tertiary/aromatic N) is 1. The summed E-state index contributed by atoms with van der Waals surface area (Å²) >= 11 is 5.73. The van der Waals surface area contributed by atoms with Gasteiger partial charge in [0.2, 0.25) is 0 Å². The first-order valence-corrected chi connectivity index (χ1v) is 8.91. The fraction of sp³-hybridized carbons (Fsp3) is 0.562. The standard InChI is InChI=1S/C16H21BrINO/c1-16(2,3)19-8-4-5-12(19)10-15(20)11-6-7-13(17)14(18)9-11/h6-7,9,12H,4-5,8,10H2,1-3H3/t12-/m0/s1. The summed E-state index contributed by atoms with van der Waals surface area (Å²) in [6.45, 7) is 7.81. The van der Waals surface area contributed by atoms with Gasteiger partial charge in [0.1, 0.15) is 0 Å². The van der Waals surface area contributed by atoms with Crippen molar-refractivity contribution in [3.8, 4) is 0 Å². The van der Waals surface area contributed by atoms with Gasteiger partial charge in [-0.3, -0.25) is 9.69 Å². The zero-order chi connectivity index (χ0) is 14.9. The van der Waals surface area contributed by atoms with Gasteiger partial charge in [-0.1, -0.05) is 6.07 Å². The van der Waals surface area contributed by atoms with Crippen LogP contribution in [0.5, 0.6) is 0 Å². The SMILES string of the molecule is CC(C)(C)N1CCC[C@H]1CC(=O)c1ccc(Br)c(I)c1. The molecule has 1 aromatic rings. The van der Waals surface area contributed by atoms with Gasteiger partial charge in [0, 0.05) is 31.6 Å². The molecular weight excluding hydrogens is 429 g/mol. The maximum absolute atomic E-state index is 12.5. The molecular formula is C16H21BrINO. The summed E-state index contributed by atoms with van der Waals surface area (Å²) in [5.41, 5.74) is 0.980. The van der Waals surface area contributed by atoms with Crippen molar-refractivity contribution in [1.29, 1.82) is 0 Å². The second kappa shape index (κ2) is 6.44. The highest BCUT2D eigenvalue weighted by Gasteiger charge is 2.34. The van der Waals surface area contributed by atoms with Crippen LogP contribution in [0.25, 0.3) is 0 Å². The molecule has 0 N–H and O–H groups in total. The molecule has 0 aromatic heterocycles. The lowest BCUT2D eigenvalue weighted by molar-refractivity contribution is 0.0847. The van der Waals surface area contributed by atoms with E-state index < -0.39 is 0 Å². The van der Waals surface area contributed by atoms with Gasteiger partial charge in [-0.05, 0) is 90.8 Å². The van der Waals surface area contributed by atoms with E-state index in [1.807, 2.05) is 18.2 Å². The van der Waals surface area contributed by atoms with Crippen molar-refractivity contribution >= 4 is 44.3 Å². The van der Waals surface area contributed by atoms with E-state index in [9.17, 15) is 4.79 Å². The minimum absolute atomic E-state index is 0.148. The van der Waals surface area contributed by atoms with Crippen molar-refractivity contribution in [3.05, 3.63) is 31.8 Å². The number of carbonyl (C=O) groups excluding carboxylic acids is 1. The fourth-order valence-corrected chi connectivity index (χ4v) is 3.69. The molecule has 110 valence electrons. The van der Waals surface area contributed by atoms with Crippen LogP contribution in [0.3, 0.4) is 0 Å². The van der Waals surface area contributed by atoms with Gasteiger partial charge in [0.25, 0.3) is 0 Å². The Labute approximate surface area is 143 Å². The number of hydrogen-bond acceptors (Lipinski definition) is 2. The van der Waals surface area contributed by atoms with E-state index in [-0.39, 0.29) is 11.3 Å². The number of benzene rings is 1. The molecule has 1 fully saturated rings. The molecule has 4 heteroatoms. The van der Waals surface area contributed by atoms with E-state index in [4.69, 9.17) is 0 Å². The number of likely N-dealkylation sites (tertiary alicyclic amines) is 1. The third kappa shape index (κ3) is 3.83. The first kappa shape index (κ1) is 16.4. The van der Waals surface area contributed by atoms with Crippen LogP contribution in [0.2, 0.25) is 0 Å². The van der Waals surface area contributed by atoms with Crippen molar-refractivity contribution in [2.24, 2.45) is 0 Å². The maximum Gasteiger partial charge on any atom is 0.164 e. The number of rotatable bonds is 3. The molecule has 0 radical (unpaired) electrons. The Morgan fingerprint density at radius 1 is 1.45 bits per heavy atom. The lowest BCUT2D eigenvalue weighted by Crippen LogP contribution is -2.45. The normalized spacial score (nSPS) is 20.4. The zero-order valence-electron chi connectivity index (χ0n) is 12.2. The maximum atomic E-state index is 12.5. The van der Waals surface area contributed by atoms with Crippen LogP contribution in [-0.4, -0.2) is 28.8 Å². The van der Waals surface area contributed by atoms with Crippen LogP contribution < -0.4 is 0 Å². The van der Waals surface area contributed by atoms with Crippen LogP contribution in [0.1, 0.15) is 50.4 Å². The predicted molar refractivity (Wildman–Crippen MR) is 95.3 cm³/mol. The van der Waals surface area contributed by atoms with Gasteiger partial charge in [-0.15, -0.1) is 0 Å². The Morgan fingerprint density at radius 3 is 2.75 bits per heavy atom. The van der Waals surface area contributed by atoms with E-state index in [2.05, 4.69) is 64.2 Å². The number of ketones is 1. The average molecular weight is 450 g/mol. The van der Waals surface area contributed by atoms with Crippen LogP contribution in [0.15, 0.2) is 22.7 Å². The second-order valence-electron chi connectivity index (χ2n) is 6.42. The molecule has 1 atom stereocenters. The first-order valence-electron chi connectivity index (χ1n) is 7.04. The molecule has 1 aliphatic rings. The largest absolute Gasteiger partial charge is 0.295 e. The molecule has 1 saturated heterocycles. The summed E-state index contributed by atoms with van der Waals surface area (Å²) in [4.78, 5) is 15.0. The van der Waals surface area contributed by atoms with Crippen LogP contribution in [0, 0.1) is 3.57 Å². The molecule has 1 aromatic carbocycles. The lowest BCUT2D eigenvalue weighted by atomic mass is 9.98. The van der Waals surface area contributed by atoms with Crippen LogP contribution >= 0.6 is 38.5 Å². The number of hydrogen-bond donors (Lipinski definition) is 0. The molecule has 0 amide bonds. The predicted octanol–water partition coefficient (Wildman–Crippen LogP) is 4.89. The third-order valence-electron chi connectivity index (χ3n) is 3.90. The summed E-state index contributed by atoms with van der Waals surface area (Å²) in [5.74, 6) is 0.261. The van der Waals surface area contributed by atoms with Crippen molar-refractivity contribution in [3.63, 3.8) is 0 Å². The molecule has 2 rings (SSSR count). The molecule has 0 bridgehead atoms. The van der Waals surface area contributed by atoms with E-state index >= 15 is 0 Å². The smallest absolute Gasteiger partial charge is 0.164 e. The quantitative estimate of drug-likeness (QED) is 0.483. The van der Waals surface area contributed by atoms with Crippen molar-refractivity contribution in [1.82, 2.24) is 4.90 Å². The van der Waals surface area contributed by atoms with Gasteiger partial charge >= 0.3 is 0 Å². The van der Waals surface area contributed by atoms with Crippen molar-refractivity contribution < 1.29 is 4.79 Å². The Balaban J connectivity index is 2.09. The Bertz CT molecular complexity index is 510. The van der Waals surface area contributed by atoms with Gasteiger partial charge in [-0.2, -0.15) is 0 Å². The Morgan fingerprint density at radius 2 is 2.15 bits per heavy atom. The summed E-state index contributed by atoms with van der Waals surface area (Å²) in [6, 6.07) is 6.25. The summed E-state index contributed by atoms with van der Waals surface area (Å²) < 4.78 is 2.14. The van der Waals surface area contributed by atoms with Crippen molar-refractivity contribution in [2.75, 3.05) is 6.54 Å². The number of Topliss-reactive ketones (excluding diaryl/α,β-unsaturated/α-hetero) is 1. The van der Waals surface area contributed by atoms with Gasteiger partial charge in [-0.25, -0.2) is 0 Å². The molecule has 0 spiro atoms. The summed E-state index contributed by atoms with van der Waals surface area (Å²) in [5, 5.41) is 0. The molecule has 2 nitrogen and oxygen atoms in total. The van der Waals surface area contributed by atoms with E-state index in [1.165, 1.54) is 6.42 Å². The third-order valence-corrected chi connectivity index (χ3v) is 6.23. The molecule has 0 saturated carbocycles. The molecule has 20 heavy (non-hydrogen) atoms. The Kier molecular flexibility index (Phi) is 5.29. The number of halogens is 2. The fourth-order valence-electron chi connectivity index (χ4n) is 2.93. The molecule has 1 aliphatic heterocycles. The molecule has 0 unspecified atom stereocenters. The van der Waals surface area contributed by atoms with E-state index in [0.29, 0.717) is 12.5 Å². The Hall–Kier alpha value is 0.0600. The zero-order valence-corrected chi connectivity index (χ0v) is 16.0. The highest BCUT2D eigenvalue weighted by Crippen LogP contribution is 2.29. The summed E-state index contributed by atoms with van der Waals surface area (Å²) in [6.07, 6.45) is 2.97. The van der Waals surface area contributed by atoms with Crippen molar-refractivity contribution in [2.45, 2.75) is 51.6 Å². The van der Waals surface area contributed by atoms with E-state index in [1.54, 1.807) is 0 Å². The minimum Gasteiger partial charge on any atom is -0.295 e. The van der Waals surface area contributed by atoms with Gasteiger partial charge in [0.05, 0.1) is 0 Å². The average Bonchev–Trinajstić information content (AvgIpc) is 2.80. The minimum atomic E-state index is 0.148. The highest BCUT2D eigenvalue weighted by molar-refractivity contribution is 14.1. The van der Waals surface area contributed by atoms with Gasteiger partial charge < -0.3 is 0 Å². The van der Waals surface area contributed by atoms with Crippen LogP contribution in [-0.2, 0) is 0 Å². The van der Waals surface area contributed by atoms with Gasteiger partial charge in [0.15, 0.2) is 5.78 Å². The monoisotopic (exact) mass is 449 g/mol. The first-order chi connectivity index (χ1) is 9.29. The lowest BCUT2D eigenvalue weighted by Gasteiger charge is -2.36. The topological polar surface area (TPSA) is 20.3 Å². The molecule has 1 heterocycles. The van der Waals surface area contributed by atoms with E-state index in [0.717, 1.165) is 26.6 Å².